The van der Waals surface area contributed by atoms with Crippen LogP contribution in [0.15, 0.2) is 6.33 Å². The smallest absolute Gasteiger partial charge is 0.0925 e. The lowest BCUT2D eigenvalue weighted by Gasteiger charge is -2.19. The van der Waals surface area contributed by atoms with E-state index in [1.807, 2.05) is 0 Å². The topological polar surface area (TPSA) is 52.5 Å². The van der Waals surface area contributed by atoms with E-state index in [0.29, 0.717) is 12.3 Å². The molecule has 1 aliphatic carbocycles. The molecule has 1 heterocycles. The molecular formula is C10H14ClN3. The van der Waals surface area contributed by atoms with Gasteiger partial charge in [0, 0.05) is 12.1 Å². The van der Waals surface area contributed by atoms with Gasteiger partial charge in [0.25, 0.3) is 0 Å². The third-order valence-electron chi connectivity index (χ3n) is 2.76. The first-order chi connectivity index (χ1) is 6.40. The van der Waals surface area contributed by atoms with Crippen molar-refractivity contribution in [3.63, 3.8) is 0 Å². The summed E-state index contributed by atoms with van der Waals surface area (Å²) in [6.45, 7) is 0. The average Bonchev–Trinajstić information content (AvgIpc) is 2.61. The van der Waals surface area contributed by atoms with Crippen LogP contribution < -0.4 is 0 Å². The first-order valence-corrected chi connectivity index (χ1v) is 4.78. The minimum atomic E-state index is 0. The van der Waals surface area contributed by atoms with Gasteiger partial charge in [0.1, 0.15) is 0 Å². The summed E-state index contributed by atoms with van der Waals surface area (Å²) in [5.41, 5.74) is 2.52. The number of fused-ring (bicyclic) bond motifs is 1. The molecule has 1 aromatic heterocycles. The standard InChI is InChI=1S/C10H13N3.ClH/c11-5-1-2-8-3-4-9-10(6-8)13-7-12-9;/h7-8H,1-4,6H2,(H,12,13);1H. The number of hydrogen-bond acceptors (Lipinski definition) is 2. The number of halogens is 1. The molecule has 2 rings (SSSR count). The lowest BCUT2D eigenvalue weighted by Crippen LogP contribution is -2.13. The second-order valence-electron chi connectivity index (χ2n) is 3.63. The van der Waals surface area contributed by atoms with E-state index in [1.54, 1.807) is 6.33 Å². The van der Waals surface area contributed by atoms with Crippen LogP contribution in [0.5, 0.6) is 0 Å². The summed E-state index contributed by atoms with van der Waals surface area (Å²) in [6.07, 6.45) is 6.85. The predicted octanol–water partition coefficient (Wildman–Crippen LogP) is 2.24. The molecule has 0 bridgehead atoms. The van der Waals surface area contributed by atoms with Crippen LogP contribution in [0.3, 0.4) is 0 Å². The molecule has 0 aliphatic heterocycles. The first-order valence-electron chi connectivity index (χ1n) is 4.78. The maximum atomic E-state index is 8.48. The van der Waals surface area contributed by atoms with Crippen LogP contribution in [0.1, 0.15) is 30.7 Å². The lowest BCUT2D eigenvalue weighted by molar-refractivity contribution is 0.425. The van der Waals surface area contributed by atoms with E-state index in [0.717, 1.165) is 19.3 Å². The molecule has 14 heavy (non-hydrogen) atoms. The van der Waals surface area contributed by atoms with E-state index in [9.17, 15) is 0 Å². The Balaban J connectivity index is 0.000000980. The molecule has 1 unspecified atom stereocenters. The molecule has 1 aromatic rings. The Hall–Kier alpha value is -1.01. The van der Waals surface area contributed by atoms with Crippen molar-refractivity contribution in [2.75, 3.05) is 0 Å². The quantitative estimate of drug-likeness (QED) is 0.816. The summed E-state index contributed by atoms with van der Waals surface area (Å²) in [5, 5.41) is 8.48. The Morgan fingerprint density at radius 1 is 1.64 bits per heavy atom. The maximum Gasteiger partial charge on any atom is 0.0925 e. The molecule has 0 fully saturated rings. The summed E-state index contributed by atoms with van der Waals surface area (Å²) in [6, 6.07) is 2.20. The SMILES string of the molecule is Cl.N#CCCC1CCc2[nH]cnc2C1. The van der Waals surface area contributed by atoms with E-state index in [2.05, 4.69) is 16.0 Å². The number of hydrogen-bond donors (Lipinski definition) is 1. The van der Waals surface area contributed by atoms with Crippen LogP contribution in [-0.4, -0.2) is 9.97 Å². The van der Waals surface area contributed by atoms with Crippen molar-refractivity contribution in [2.45, 2.75) is 32.1 Å². The third-order valence-corrected chi connectivity index (χ3v) is 2.76. The lowest BCUT2D eigenvalue weighted by atomic mass is 9.87. The van der Waals surface area contributed by atoms with Crippen LogP contribution in [0.2, 0.25) is 0 Å². The van der Waals surface area contributed by atoms with E-state index in [4.69, 9.17) is 5.26 Å². The number of rotatable bonds is 2. The van der Waals surface area contributed by atoms with Gasteiger partial charge in [-0.3, -0.25) is 0 Å². The third kappa shape index (κ3) is 2.27. The number of aromatic amines is 1. The summed E-state index contributed by atoms with van der Waals surface area (Å²) < 4.78 is 0. The number of nitrogens with one attached hydrogen (secondary N) is 1. The highest BCUT2D eigenvalue weighted by atomic mass is 35.5. The molecule has 76 valence electrons. The zero-order valence-electron chi connectivity index (χ0n) is 7.99. The molecule has 3 nitrogen and oxygen atoms in total. The minimum absolute atomic E-state index is 0. The van der Waals surface area contributed by atoms with Crippen molar-refractivity contribution < 1.29 is 0 Å². The molecule has 4 heteroatoms. The van der Waals surface area contributed by atoms with E-state index < -0.39 is 0 Å². The number of imidazole rings is 1. The molecule has 0 spiro atoms. The Morgan fingerprint density at radius 2 is 2.50 bits per heavy atom. The number of aromatic nitrogens is 2. The molecule has 0 saturated heterocycles. The average molecular weight is 212 g/mol. The number of aryl methyl sites for hydroxylation is 1. The summed E-state index contributed by atoms with van der Waals surface area (Å²) in [7, 11) is 0. The maximum absolute atomic E-state index is 8.48. The van der Waals surface area contributed by atoms with Crippen molar-refractivity contribution >= 4 is 12.4 Å². The second kappa shape index (κ2) is 5.02. The Bertz CT molecular complexity index is 326. The molecule has 0 amide bonds. The Kier molecular flexibility index (Phi) is 3.97. The van der Waals surface area contributed by atoms with Crippen molar-refractivity contribution in [3.8, 4) is 6.07 Å². The van der Waals surface area contributed by atoms with Crippen molar-refractivity contribution in [1.29, 1.82) is 5.26 Å². The Morgan fingerprint density at radius 3 is 3.29 bits per heavy atom. The fourth-order valence-corrected chi connectivity index (χ4v) is 1.98. The largest absolute Gasteiger partial charge is 0.348 e. The molecule has 0 saturated carbocycles. The van der Waals surface area contributed by atoms with Gasteiger partial charge in [-0.1, -0.05) is 0 Å². The normalized spacial score (nSPS) is 19.2. The highest BCUT2D eigenvalue weighted by Crippen LogP contribution is 2.25. The molecule has 1 N–H and O–H groups in total. The van der Waals surface area contributed by atoms with Crippen molar-refractivity contribution in [3.05, 3.63) is 17.7 Å². The van der Waals surface area contributed by atoms with Gasteiger partial charge in [-0.2, -0.15) is 5.26 Å². The molecule has 0 aromatic carbocycles. The van der Waals surface area contributed by atoms with Crippen LogP contribution >= 0.6 is 12.4 Å². The van der Waals surface area contributed by atoms with Gasteiger partial charge in [-0.15, -0.1) is 12.4 Å². The molecule has 1 atom stereocenters. The van der Waals surface area contributed by atoms with Gasteiger partial charge in [0.2, 0.25) is 0 Å². The van der Waals surface area contributed by atoms with E-state index in [1.165, 1.54) is 17.8 Å². The predicted molar refractivity (Wildman–Crippen MR) is 56.2 cm³/mol. The minimum Gasteiger partial charge on any atom is -0.348 e. The van der Waals surface area contributed by atoms with Crippen LogP contribution in [0.4, 0.5) is 0 Å². The number of nitriles is 1. The molecule has 0 radical (unpaired) electrons. The fraction of sp³-hybridized carbons (Fsp3) is 0.600. The van der Waals surface area contributed by atoms with Gasteiger partial charge in [-0.25, -0.2) is 4.98 Å². The van der Waals surface area contributed by atoms with Gasteiger partial charge >= 0.3 is 0 Å². The Labute approximate surface area is 90.0 Å². The summed E-state index contributed by atoms with van der Waals surface area (Å²) >= 11 is 0. The van der Waals surface area contributed by atoms with Gasteiger partial charge in [-0.05, 0) is 31.6 Å². The van der Waals surface area contributed by atoms with Crippen LogP contribution in [0.25, 0.3) is 0 Å². The monoisotopic (exact) mass is 211 g/mol. The molecular weight excluding hydrogens is 198 g/mol. The second-order valence-corrected chi connectivity index (χ2v) is 3.63. The summed E-state index contributed by atoms with van der Waals surface area (Å²) in [5.74, 6) is 0.676. The van der Waals surface area contributed by atoms with E-state index in [-0.39, 0.29) is 12.4 Å². The summed E-state index contributed by atoms with van der Waals surface area (Å²) in [4.78, 5) is 7.43. The number of H-pyrrole nitrogens is 1. The zero-order valence-corrected chi connectivity index (χ0v) is 8.81. The van der Waals surface area contributed by atoms with Crippen LogP contribution in [-0.2, 0) is 12.8 Å². The van der Waals surface area contributed by atoms with Gasteiger partial charge in [0.05, 0.1) is 18.1 Å². The van der Waals surface area contributed by atoms with Crippen molar-refractivity contribution in [2.24, 2.45) is 5.92 Å². The van der Waals surface area contributed by atoms with Gasteiger partial charge < -0.3 is 4.98 Å². The van der Waals surface area contributed by atoms with Gasteiger partial charge in [0.15, 0.2) is 0 Å². The van der Waals surface area contributed by atoms with E-state index >= 15 is 0 Å². The molecule has 1 aliphatic rings. The van der Waals surface area contributed by atoms with Crippen molar-refractivity contribution in [1.82, 2.24) is 9.97 Å². The fourth-order valence-electron chi connectivity index (χ4n) is 1.98. The highest BCUT2D eigenvalue weighted by Gasteiger charge is 2.19. The zero-order chi connectivity index (χ0) is 9.10. The van der Waals surface area contributed by atoms with Crippen LogP contribution in [0, 0.1) is 17.2 Å². The number of nitrogens with zero attached hydrogens (tertiary/aromatic N) is 2. The highest BCUT2D eigenvalue weighted by molar-refractivity contribution is 5.85. The first kappa shape index (κ1) is 11.1.